The van der Waals surface area contributed by atoms with Crippen LogP contribution < -0.4 is 0 Å². The number of benzene rings is 1. The highest BCUT2D eigenvalue weighted by Gasteiger charge is 2.31. The second-order valence-corrected chi connectivity index (χ2v) is 5.29. The van der Waals surface area contributed by atoms with Gasteiger partial charge in [0.2, 0.25) is 0 Å². The van der Waals surface area contributed by atoms with E-state index in [-0.39, 0.29) is 18.0 Å². The Labute approximate surface area is 113 Å². The Balaban J connectivity index is 2.17. The molecular formula is C14H18ClNO2. The van der Waals surface area contributed by atoms with Crippen molar-refractivity contribution in [2.24, 2.45) is 0 Å². The van der Waals surface area contributed by atoms with Gasteiger partial charge in [-0.3, -0.25) is 4.79 Å². The van der Waals surface area contributed by atoms with Gasteiger partial charge in [0.05, 0.1) is 0 Å². The zero-order valence-corrected chi connectivity index (χ0v) is 11.5. The number of piperidine rings is 1. The minimum Gasteiger partial charge on any atom is -0.461 e. The van der Waals surface area contributed by atoms with E-state index in [0.717, 1.165) is 24.5 Å². The molecule has 1 aromatic rings. The first kappa shape index (κ1) is 13.4. The van der Waals surface area contributed by atoms with Crippen LogP contribution in [0.4, 0.5) is 0 Å². The monoisotopic (exact) mass is 267 g/mol. The molecule has 4 heteroatoms. The van der Waals surface area contributed by atoms with Crippen molar-refractivity contribution in [1.82, 2.24) is 4.90 Å². The molecule has 0 bridgehead atoms. The Morgan fingerprint density at radius 2 is 2.06 bits per heavy atom. The average Bonchev–Trinajstić information content (AvgIpc) is 2.30. The summed E-state index contributed by atoms with van der Waals surface area (Å²) in [7, 11) is 2.05. The number of likely N-dealkylation sites (N-methyl/N-ethyl adjacent to an activating group) is 1. The van der Waals surface area contributed by atoms with Crippen LogP contribution in [0.25, 0.3) is 0 Å². The van der Waals surface area contributed by atoms with Gasteiger partial charge in [-0.15, -0.1) is 0 Å². The number of rotatable bonds is 2. The summed E-state index contributed by atoms with van der Waals surface area (Å²) < 4.78 is 5.45. The average molecular weight is 268 g/mol. The molecule has 0 amide bonds. The number of nitrogens with zero attached hydrogens (tertiary/aromatic N) is 1. The van der Waals surface area contributed by atoms with E-state index >= 15 is 0 Å². The van der Waals surface area contributed by atoms with Crippen molar-refractivity contribution >= 4 is 17.6 Å². The van der Waals surface area contributed by atoms with Crippen LogP contribution in [0.15, 0.2) is 24.3 Å². The third-order valence-corrected chi connectivity index (χ3v) is 3.63. The molecule has 0 aliphatic carbocycles. The lowest BCUT2D eigenvalue weighted by atomic mass is 9.87. The van der Waals surface area contributed by atoms with Gasteiger partial charge in [-0.05, 0) is 37.7 Å². The molecule has 2 unspecified atom stereocenters. The van der Waals surface area contributed by atoms with E-state index in [1.54, 1.807) is 0 Å². The number of carbonyl (C=O) groups excluding carboxylic acids is 1. The van der Waals surface area contributed by atoms with Gasteiger partial charge < -0.3 is 9.64 Å². The standard InChI is InChI=1S/C14H18ClNO2/c1-10(17)18-14-9-16(2)8-7-13(14)11-3-5-12(15)6-4-11/h3-6,13-14H,7-9H2,1-2H3. The normalized spacial score (nSPS) is 24.8. The molecule has 3 nitrogen and oxygen atoms in total. The predicted octanol–water partition coefficient (Wildman–Crippen LogP) is 2.69. The van der Waals surface area contributed by atoms with Crippen LogP contribution in [0.1, 0.15) is 24.8 Å². The van der Waals surface area contributed by atoms with Gasteiger partial charge in [-0.1, -0.05) is 23.7 Å². The minimum absolute atomic E-state index is 0.0672. The number of ether oxygens (including phenoxy) is 1. The first-order valence-electron chi connectivity index (χ1n) is 6.17. The van der Waals surface area contributed by atoms with Crippen molar-refractivity contribution in [3.63, 3.8) is 0 Å². The first-order chi connectivity index (χ1) is 8.56. The maximum absolute atomic E-state index is 11.2. The number of hydrogen-bond acceptors (Lipinski definition) is 3. The number of esters is 1. The fraction of sp³-hybridized carbons (Fsp3) is 0.500. The molecule has 1 aliphatic rings. The van der Waals surface area contributed by atoms with Gasteiger partial charge in [0.25, 0.3) is 0 Å². The second kappa shape index (κ2) is 5.72. The molecule has 98 valence electrons. The van der Waals surface area contributed by atoms with Gasteiger partial charge in [-0.2, -0.15) is 0 Å². The highest BCUT2D eigenvalue weighted by atomic mass is 35.5. The number of carbonyl (C=O) groups is 1. The van der Waals surface area contributed by atoms with Gasteiger partial charge in [-0.25, -0.2) is 0 Å². The zero-order valence-electron chi connectivity index (χ0n) is 10.7. The third kappa shape index (κ3) is 3.24. The van der Waals surface area contributed by atoms with E-state index in [4.69, 9.17) is 16.3 Å². The van der Waals surface area contributed by atoms with Crippen LogP contribution in [0.2, 0.25) is 5.02 Å². The Morgan fingerprint density at radius 3 is 2.67 bits per heavy atom. The maximum Gasteiger partial charge on any atom is 0.302 e. The molecule has 1 heterocycles. The van der Waals surface area contributed by atoms with Crippen LogP contribution in [-0.4, -0.2) is 37.1 Å². The predicted molar refractivity (Wildman–Crippen MR) is 71.9 cm³/mol. The summed E-state index contributed by atoms with van der Waals surface area (Å²) in [4.78, 5) is 13.4. The summed E-state index contributed by atoms with van der Waals surface area (Å²) in [5.41, 5.74) is 1.19. The Bertz CT molecular complexity index is 418. The minimum atomic E-state index is -0.214. The largest absolute Gasteiger partial charge is 0.461 e. The molecule has 18 heavy (non-hydrogen) atoms. The molecular weight excluding hydrogens is 250 g/mol. The van der Waals surface area contributed by atoms with E-state index in [2.05, 4.69) is 11.9 Å². The summed E-state index contributed by atoms with van der Waals surface area (Å²) in [5.74, 6) is 0.0524. The lowest BCUT2D eigenvalue weighted by Gasteiger charge is -2.36. The van der Waals surface area contributed by atoms with Gasteiger partial charge >= 0.3 is 5.97 Å². The summed E-state index contributed by atoms with van der Waals surface area (Å²) >= 11 is 5.90. The van der Waals surface area contributed by atoms with Crippen LogP contribution >= 0.6 is 11.6 Å². The maximum atomic E-state index is 11.2. The number of hydrogen-bond donors (Lipinski definition) is 0. The molecule has 1 aromatic carbocycles. The Morgan fingerprint density at radius 1 is 1.39 bits per heavy atom. The summed E-state index contributed by atoms with van der Waals surface area (Å²) in [6.07, 6.45) is 0.929. The molecule has 0 spiro atoms. The summed E-state index contributed by atoms with van der Waals surface area (Å²) in [6.45, 7) is 3.27. The van der Waals surface area contributed by atoms with Crippen molar-refractivity contribution in [2.75, 3.05) is 20.1 Å². The van der Waals surface area contributed by atoms with E-state index in [9.17, 15) is 4.79 Å². The van der Waals surface area contributed by atoms with Crippen molar-refractivity contribution < 1.29 is 9.53 Å². The summed E-state index contributed by atoms with van der Waals surface area (Å²) in [6, 6.07) is 7.82. The molecule has 1 saturated heterocycles. The van der Waals surface area contributed by atoms with Crippen molar-refractivity contribution in [3.05, 3.63) is 34.9 Å². The van der Waals surface area contributed by atoms with Crippen LogP contribution in [0.5, 0.6) is 0 Å². The Hall–Kier alpha value is -1.06. The van der Waals surface area contributed by atoms with Crippen molar-refractivity contribution in [3.8, 4) is 0 Å². The van der Waals surface area contributed by atoms with Gasteiger partial charge in [0, 0.05) is 24.4 Å². The van der Waals surface area contributed by atoms with E-state index in [0.29, 0.717) is 0 Å². The number of halogens is 1. The second-order valence-electron chi connectivity index (χ2n) is 4.86. The SMILES string of the molecule is CC(=O)OC1CN(C)CCC1c1ccc(Cl)cc1. The molecule has 0 N–H and O–H groups in total. The first-order valence-corrected chi connectivity index (χ1v) is 6.55. The van der Waals surface area contributed by atoms with Crippen molar-refractivity contribution in [1.29, 1.82) is 0 Å². The van der Waals surface area contributed by atoms with Gasteiger partial charge in [0.1, 0.15) is 6.10 Å². The van der Waals surface area contributed by atoms with Crippen LogP contribution in [0, 0.1) is 0 Å². The zero-order chi connectivity index (χ0) is 13.1. The lowest BCUT2D eigenvalue weighted by Crippen LogP contribution is -2.42. The molecule has 2 atom stereocenters. The molecule has 1 fully saturated rings. The fourth-order valence-electron chi connectivity index (χ4n) is 2.49. The quantitative estimate of drug-likeness (QED) is 0.772. The highest BCUT2D eigenvalue weighted by molar-refractivity contribution is 6.30. The highest BCUT2D eigenvalue weighted by Crippen LogP contribution is 2.30. The molecule has 2 rings (SSSR count). The Kier molecular flexibility index (Phi) is 4.25. The lowest BCUT2D eigenvalue weighted by molar-refractivity contribution is -0.149. The molecule has 1 aliphatic heterocycles. The van der Waals surface area contributed by atoms with Gasteiger partial charge in [0.15, 0.2) is 0 Å². The van der Waals surface area contributed by atoms with E-state index < -0.39 is 0 Å². The summed E-state index contributed by atoms with van der Waals surface area (Å²) in [5, 5.41) is 0.732. The van der Waals surface area contributed by atoms with Crippen LogP contribution in [0.3, 0.4) is 0 Å². The smallest absolute Gasteiger partial charge is 0.302 e. The molecule has 0 saturated carbocycles. The molecule has 0 radical (unpaired) electrons. The number of likely N-dealkylation sites (tertiary alicyclic amines) is 1. The topological polar surface area (TPSA) is 29.5 Å². The molecule has 0 aromatic heterocycles. The fourth-order valence-corrected chi connectivity index (χ4v) is 2.62. The van der Waals surface area contributed by atoms with E-state index in [1.165, 1.54) is 12.5 Å². The van der Waals surface area contributed by atoms with Crippen molar-refractivity contribution in [2.45, 2.75) is 25.4 Å². The third-order valence-electron chi connectivity index (χ3n) is 3.38. The van der Waals surface area contributed by atoms with E-state index in [1.807, 2.05) is 24.3 Å². The van der Waals surface area contributed by atoms with Crippen LogP contribution in [-0.2, 0) is 9.53 Å².